The van der Waals surface area contributed by atoms with Crippen LogP contribution in [0.15, 0.2) is 47.5 Å². The maximum Gasteiger partial charge on any atom is 0.416 e. The summed E-state index contributed by atoms with van der Waals surface area (Å²) in [4.78, 5) is 3.55. The van der Waals surface area contributed by atoms with E-state index in [4.69, 9.17) is 10.00 Å². The molecule has 0 spiro atoms. The maximum absolute atomic E-state index is 12.8. The molecule has 2 heterocycles. The molecule has 1 aromatic carbocycles. The lowest BCUT2D eigenvalue weighted by molar-refractivity contribution is -0.137. The molecule has 1 aliphatic rings. The minimum absolute atomic E-state index is 0.0168. The Labute approximate surface area is 153 Å². The Balaban J connectivity index is 1.75. The van der Waals surface area contributed by atoms with E-state index in [1.165, 1.54) is 18.3 Å². The van der Waals surface area contributed by atoms with Gasteiger partial charge in [-0.25, -0.2) is 13.4 Å². The van der Waals surface area contributed by atoms with E-state index in [1.807, 2.05) is 6.07 Å². The zero-order chi connectivity index (χ0) is 19.7. The Hall–Kier alpha value is -2.64. The van der Waals surface area contributed by atoms with Crippen LogP contribution in [0.1, 0.15) is 17.5 Å². The van der Waals surface area contributed by atoms with Gasteiger partial charge in [-0.3, -0.25) is 0 Å². The monoisotopic (exact) mass is 397 g/mol. The van der Waals surface area contributed by atoms with Crippen LogP contribution in [0.3, 0.4) is 0 Å². The molecule has 1 saturated heterocycles. The number of sulfonamides is 1. The fourth-order valence-electron chi connectivity index (χ4n) is 2.71. The van der Waals surface area contributed by atoms with Gasteiger partial charge in [0.25, 0.3) is 0 Å². The SMILES string of the molecule is N#Cc1ccnc(OC2CCN(S(=O)(=O)c3cccc(C(F)(F)F)c3)C2)c1. The summed E-state index contributed by atoms with van der Waals surface area (Å²) >= 11 is 0. The first-order valence-electron chi connectivity index (χ1n) is 7.90. The topological polar surface area (TPSA) is 83.3 Å². The molecule has 6 nitrogen and oxygen atoms in total. The van der Waals surface area contributed by atoms with E-state index in [0.29, 0.717) is 18.1 Å². The fourth-order valence-corrected chi connectivity index (χ4v) is 4.24. The van der Waals surface area contributed by atoms with Gasteiger partial charge >= 0.3 is 6.18 Å². The van der Waals surface area contributed by atoms with Crippen LogP contribution in [0.5, 0.6) is 5.88 Å². The molecule has 0 saturated carbocycles. The maximum atomic E-state index is 12.8. The van der Waals surface area contributed by atoms with Crippen molar-refractivity contribution in [2.75, 3.05) is 13.1 Å². The number of ether oxygens (including phenoxy) is 1. The van der Waals surface area contributed by atoms with Crippen LogP contribution in [0.2, 0.25) is 0 Å². The quantitative estimate of drug-likeness (QED) is 0.792. The van der Waals surface area contributed by atoms with Crippen molar-refractivity contribution in [2.45, 2.75) is 23.6 Å². The molecule has 10 heteroatoms. The van der Waals surface area contributed by atoms with Gasteiger partial charge in [-0.15, -0.1) is 0 Å². The smallest absolute Gasteiger partial charge is 0.416 e. The molecule has 1 fully saturated rings. The molecule has 27 heavy (non-hydrogen) atoms. The summed E-state index contributed by atoms with van der Waals surface area (Å²) in [5.41, 5.74) is -0.667. The molecule has 142 valence electrons. The number of pyridine rings is 1. The number of hydrogen-bond acceptors (Lipinski definition) is 5. The molecule has 1 aliphatic heterocycles. The molecule has 2 aromatic rings. The lowest BCUT2D eigenvalue weighted by atomic mass is 10.2. The van der Waals surface area contributed by atoms with Gasteiger partial charge in [-0.2, -0.15) is 22.7 Å². The molecule has 0 amide bonds. The van der Waals surface area contributed by atoms with Crippen molar-refractivity contribution in [1.29, 1.82) is 5.26 Å². The minimum atomic E-state index is -4.63. The predicted octanol–water partition coefficient (Wildman–Crippen LogP) is 2.81. The van der Waals surface area contributed by atoms with Gasteiger partial charge in [0.15, 0.2) is 0 Å². The van der Waals surface area contributed by atoms with Crippen LogP contribution in [-0.2, 0) is 16.2 Å². The molecule has 0 bridgehead atoms. The summed E-state index contributed by atoms with van der Waals surface area (Å²) < 4.78 is 70.5. The number of rotatable bonds is 4. The highest BCUT2D eigenvalue weighted by Gasteiger charge is 2.36. The van der Waals surface area contributed by atoms with Gasteiger partial charge in [0.05, 0.1) is 28.6 Å². The average Bonchev–Trinajstić information content (AvgIpc) is 3.10. The summed E-state index contributed by atoms with van der Waals surface area (Å²) in [7, 11) is -4.08. The summed E-state index contributed by atoms with van der Waals surface area (Å²) in [6.45, 7) is 0.0955. The van der Waals surface area contributed by atoms with Crippen molar-refractivity contribution < 1.29 is 26.3 Å². The second kappa shape index (κ2) is 7.17. The van der Waals surface area contributed by atoms with E-state index in [1.54, 1.807) is 0 Å². The number of benzene rings is 1. The Bertz CT molecular complexity index is 987. The van der Waals surface area contributed by atoms with Crippen molar-refractivity contribution in [3.8, 4) is 11.9 Å². The highest BCUT2D eigenvalue weighted by Crippen LogP contribution is 2.32. The number of nitriles is 1. The second-order valence-corrected chi connectivity index (χ2v) is 7.85. The van der Waals surface area contributed by atoms with Crippen LogP contribution >= 0.6 is 0 Å². The number of nitrogens with zero attached hydrogens (tertiary/aromatic N) is 3. The molecule has 0 radical (unpaired) electrons. The van der Waals surface area contributed by atoms with Crippen molar-refractivity contribution in [3.05, 3.63) is 53.7 Å². The van der Waals surface area contributed by atoms with Crippen LogP contribution in [0.4, 0.5) is 13.2 Å². The molecular weight excluding hydrogens is 383 g/mol. The summed E-state index contributed by atoms with van der Waals surface area (Å²) in [5.74, 6) is 0.192. The molecule has 1 atom stereocenters. The van der Waals surface area contributed by atoms with Crippen molar-refractivity contribution in [3.63, 3.8) is 0 Å². The highest BCUT2D eigenvalue weighted by atomic mass is 32.2. The van der Waals surface area contributed by atoms with E-state index in [0.717, 1.165) is 22.5 Å². The first kappa shape index (κ1) is 19.1. The first-order valence-corrected chi connectivity index (χ1v) is 9.34. The highest BCUT2D eigenvalue weighted by molar-refractivity contribution is 7.89. The van der Waals surface area contributed by atoms with E-state index in [-0.39, 0.29) is 19.0 Å². The first-order chi connectivity index (χ1) is 12.7. The number of halogens is 3. The van der Waals surface area contributed by atoms with Gasteiger partial charge in [-0.05, 0) is 30.7 Å². The van der Waals surface area contributed by atoms with Crippen LogP contribution < -0.4 is 4.74 Å². The van der Waals surface area contributed by atoms with Crippen LogP contribution in [0.25, 0.3) is 0 Å². The molecule has 1 aromatic heterocycles. The largest absolute Gasteiger partial charge is 0.473 e. The summed E-state index contributed by atoms with van der Waals surface area (Å²) in [6, 6.07) is 8.54. The molecule has 0 N–H and O–H groups in total. The second-order valence-electron chi connectivity index (χ2n) is 5.91. The Morgan fingerprint density at radius 2 is 2.04 bits per heavy atom. The predicted molar refractivity (Wildman–Crippen MR) is 88.2 cm³/mol. The van der Waals surface area contributed by atoms with Crippen molar-refractivity contribution in [2.24, 2.45) is 0 Å². The van der Waals surface area contributed by atoms with Gasteiger partial charge < -0.3 is 4.74 Å². The van der Waals surface area contributed by atoms with Gasteiger partial charge in [-0.1, -0.05) is 6.07 Å². The minimum Gasteiger partial charge on any atom is -0.473 e. The van der Waals surface area contributed by atoms with Gasteiger partial charge in [0.2, 0.25) is 15.9 Å². The van der Waals surface area contributed by atoms with E-state index in [9.17, 15) is 21.6 Å². The Morgan fingerprint density at radius 3 is 2.74 bits per heavy atom. The Kier molecular flexibility index (Phi) is 5.08. The lowest BCUT2D eigenvalue weighted by Gasteiger charge is -2.18. The van der Waals surface area contributed by atoms with Crippen LogP contribution in [0, 0.1) is 11.3 Å². The van der Waals surface area contributed by atoms with E-state index >= 15 is 0 Å². The zero-order valence-electron chi connectivity index (χ0n) is 13.8. The molecular formula is C17H14F3N3O3S. The fraction of sp³-hybridized carbons (Fsp3) is 0.294. The normalized spacial score (nSPS) is 18.2. The zero-order valence-corrected chi connectivity index (χ0v) is 14.7. The third-order valence-electron chi connectivity index (χ3n) is 4.06. The standard InChI is InChI=1S/C17H14F3N3O3S/c18-17(19,20)13-2-1-3-15(9-13)27(24,25)23-7-5-14(11-23)26-16-8-12(10-21)4-6-22-16/h1-4,6,8-9,14H,5,7,11H2. The molecule has 0 aliphatic carbocycles. The average molecular weight is 397 g/mol. The van der Waals surface area contributed by atoms with Crippen LogP contribution in [-0.4, -0.2) is 36.9 Å². The van der Waals surface area contributed by atoms with Gasteiger partial charge in [0.1, 0.15) is 6.10 Å². The molecule has 3 rings (SSSR count). The Morgan fingerprint density at radius 1 is 1.26 bits per heavy atom. The van der Waals surface area contributed by atoms with Gasteiger partial charge in [0, 0.05) is 18.8 Å². The van der Waals surface area contributed by atoms with Crippen molar-refractivity contribution >= 4 is 10.0 Å². The van der Waals surface area contributed by atoms with Crippen molar-refractivity contribution in [1.82, 2.24) is 9.29 Å². The van der Waals surface area contributed by atoms with E-state index < -0.39 is 32.8 Å². The lowest BCUT2D eigenvalue weighted by Crippen LogP contribution is -2.31. The molecule has 1 unspecified atom stereocenters. The third kappa shape index (κ3) is 4.20. The number of alkyl halides is 3. The summed E-state index contributed by atoms with van der Waals surface area (Å²) in [5, 5.41) is 8.88. The third-order valence-corrected chi connectivity index (χ3v) is 5.92. The number of aromatic nitrogens is 1. The van der Waals surface area contributed by atoms with E-state index in [2.05, 4.69) is 4.98 Å². The summed E-state index contributed by atoms with van der Waals surface area (Å²) in [6.07, 6.45) is -3.37. The number of hydrogen-bond donors (Lipinski definition) is 0.